The van der Waals surface area contributed by atoms with Crippen molar-refractivity contribution in [1.82, 2.24) is 24.9 Å². The van der Waals surface area contributed by atoms with E-state index in [1.807, 2.05) is 0 Å². The third-order valence-corrected chi connectivity index (χ3v) is 4.15. The van der Waals surface area contributed by atoms with Crippen LogP contribution in [0.25, 0.3) is 5.78 Å². The molecule has 1 atom stereocenters. The average Bonchev–Trinajstić information content (AvgIpc) is 2.96. The van der Waals surface area contributed by atoms with Crippen molar-refractivity contribution >= 4 is 17.7 Å². The van der Waals surface area contributed by atoms with Gasteiger partial charge in [-0.05, 0) is 31.7 Å². The number of amides is 1. The molecule has 0 bridgehead atoms. The first-order valence-electron chi connectivity index (χ1n) is 8.24. The van der Waals surface area contributed by atoms with Crippen molar-refractivity contribution in [2.75, 3.05) is 0 Å². The number of aliphatic carboxylic acids is 1. The number of rotatable bonds is 6. The zero-order chi connectivity index (χ0) is 20.5. The molecule has 11 heteroatoms. The maximum absolute atomic E-state index is 12.8. The summed E-state index contributed by atoms with van der Waals surface area (Å²) in [5.41, 5.74) is 1.40. The van der Waals surface area contributed by atoms with Gasteiger partial charge in [0.2, 0.25) is 5.91 Å². The second-order valence-electron chi connectivity index (χ2n) is 6.53. The van der Waals surface area contributed by atoms with Crippen molar-refractivity contribution in [3.63, 3.8) is 0 Å². The second-order valence-corrected chi connectivity index (χ2v) is 6.53. The fourth-order valence-corrected chi connectivity index (χ4v) is 2.69. The van der Waals surface area contributed by atoms with Gasteiger partial charge >= 0.3 is 12.1 Å². The van der Waals surface area contributed by atoms with Gasteiger partial charge in [-0.1, -0.05) is 13.8 Å². The molecular weight excluding hydrogens is 367 g/mol. The van der Waals surface area contributed by atoms with E-state index in [1.165, 1.54) is 0 Å². The smallest absolute Gasteiger partial charge is 0.453 e. The summed E-state index contributed by atoms with van der Waals surface area (Å²) in [7, 11) is 0. The first-order valence-corrected chi connectivity index (χ1v) is 8.24. The number of fused-ring (bicyclic) bond motifs is 1. The van der Waals surface area contributed by atoms with Crippen LogP contribution in [-0.2, 0) is 22.2 Å². The molecule has 0 aliphatic heterocycles. The van der Waals surface area contributed by atoms with Gasteiger partial charge in [-0.25, -0.2) is 14.3 Å². The number of nitrogens with one attached hydrogen (secondary N) is 1. The van der Waals surface area contributed by atoms with Gasteiger partial charge in [-0.3, -0.25) is 4.79 Å². The van der Waals surface area contributed by atoms with Crippen LogP contribution >= 0.6 is 0 Å². The van der Waals surface area contributed by atoms with E-state index in [0.29, 0.717) is 17.0 Å². The minimum absolute atomic E-state index is 0.0355. The molecule has 0 saturated heterocycles. The molecule has 2 aromatic heterocycles. The molecular formula is C16H20F3N5O3. The van der Waals surface area contributed by atoms with Crippen LogP contribution in [0.2, 0.25) is 0 Å². The van der Waals surface area contributed by atoms with E-state index in [1.54, 1.807) is 27.7 Å². The molecule has 0 aromatic carbocycles. The lowest BCUT2D eigenvalue weighted by molar-refractivity contribution is -0.145. The number of alkyl halides is 3. The summed E-state index contributed by atoms with van der Waals surface area (Å²) in [4.78, 5) is 30.7. The van der Waals surface area contributed by atoms with Gasteiger partial charge in [0, 0.05) is 17.8 Å². The Bertz CT molecular complexity index is 876. The highest BCUT2D eigenvalue weighted by molar-refractivity contribution is 5.83. The summed E-state index contributed by atoms with van der Waals surface area (Å²) in [6.45, 7) is 6.52. The van der Waals surface area contributed by atoms with Crippen LogP contribution < -0.4 is 5.32 Å². The third kappa shape index (κ3) is 4.52. The van der Waals surface area contributed by atoms with Crippen molar-refractivity contribution < 1.29 is 27.9 Å². The number of halogens is 3. The molecule has 0 aliphatic carbocycles. The molecule has 148 valence electrons. The molecule has 0 aliphatic rings. The van der Waals surface area contributed by atoms with Crippen molar-refractivity contribution in [2.45, 2.75) is 52.8 Å². The molecule has 27 heavy (non-hydrogen) atoms. The van der Waals surface area contributed by atoms with E-state index in [4.69, 9.17) is 5.11 Å². The van der Waals surface area contributed by atoms with Crippen molar-refractivity contribution in [2.24, 2.45) is 5.92 Å². The molecule has 0 saturated carbocycles. The minimum atomic E-state index is -4.68. The zero-order valence-electron chi connectivity index (χ0n) is 15.3. The fraction of sp³-hybridized carbons (Fsp3) is 0.562. The molecule has 1 unspecified atom stereocenters. The first-order chi connectivity index (χ1) is 12.4. The van der Waals surface area contributed by atoms with E-state index in [9.17, 15) is 22.8 Å². The van der Waals surface area contributed by atoms with Crippen molar-refractivity contribution in [3.05, 3.63) is 22.8 Å². The highest BCUT2D eigenvalue weighted by Gasteiger charge is 2.37. The third-order valence-electron chi connectivity index (χ3n) is 4.15. The Morgan fingerprint density at radius 1 is 1.22 bits per heavy atom. The summed E-state index contributed by atoms with van der Waals surface area (Å²) in [6.07, 6.45) is -4.54. The summed E-state index contributed by atoms with van der Waals surface area (Å²) < 4.78 is 39.4. The number of carbonyl (C=O) groups is 2. The van der Waals surface area contributed by atoms with Gasteiger partial charge in [0.15, 0.2) is 0 Å². The molecule has 2 N–H and O–H groups in total. The topological polar surface area (TPSA) is 109 Å². The Morgan fingerprint density at radius 3 is 2.37 bits per heavy atom. The number of carboxylic acids is 1. The van der Waals surface area contributed by atoms with E-state index < -0.39 is 29.9 Å². The lowest BCUT2D eigenvalue weighted by Gasteiger charge is -2.18. The highest BCUT2D eigenvalue weighted by Crippen LogP contribution is 2.27. The number of carboxylic acid groups (broad SMARTS) is 1. The predicted molar refractivity (Wildman–Crippen MR) is 88.0 cm³/mol. The lowest BCUT2D eigenvalue weighted by Crippen LogP contribution is -2.44. The average molecular weight is 387 g/mol. The van der Waals surface area contributed by atoms with Gasteiger partial charge < -0.3 is 10.4 Å². The standard InChI is InChI=1S/C16H20F3N5O3/c1-7(2)12(13(26)27)21-11(25)6-5-10-8(3)20-15-22-14(16(17,18)19)23-24(15)9(10)4/h7,12H,5-6H2,1-4H3,(H,21,25)(H,26,27). The Hall–Kier alpha value is -2.72. The molecule has 2 rings (SSSR count). The van der Waals surface area contributed by atoms with Crippen LogP contribution in [0.4, 0.5) is 13.2 Å². The van der Waals surface area contributed by atoms with E-state index in [-0.39, 0.29) is 24.5 Å². The summed E-state index contributed by atoms with van der Waals surface area (Å²) in [5, 5.41) is 15.0. The Labute approximate surface area is 152 Å². The molecule has 8 nitrogen and oxygen atoms in total. The van der Waals surface area contributed by atoms with Gasteiger partial charge in [-0.15, -0.1) is 5.10 Å². The summed E-state index contributed by atoms with van der Waals surface area (Å²) in [5.74, 6) is -3.34. The lowest BCUT2D eigenvalue weighted by atomic mass is 10.0. The Morgan fingerprint density at radius 2 is 1.85 bits per heavy atom. The molecule has 2 aromatic rings. The van der Waals surface area contributed by atoms with Crippen LogP contribution in [-0.4, -0.2) is 42.6 Å². The summed E-state index contributed by atoms with van der Waals surface area (Å²) in [6, 6.07) is -1.01. The highest BCUT2D eigenvalue weighted by atomic mass is 19.4. The van der Waals surface area contributed by atoms with Gasteiger partial charge in [-0.2, -0.15) is 18.2 Å². The summed E-state index contributed by atoms with van der Waals surface area (Å²) >= 11 is 0. The predicted octanol–water partition coefficient (Wildman–Crippen LogP) is 1.92. The minimum Gasteiger partial charge on any atom is -0.480 e. The quantitative estimate of drug-likeness (QED) is 0.784. The van der Waals surface area contributed by atoms with E-state index in [2.05, 4.69) is 20.4 Å². The van der Waals surface area contributed by atoms with Crippen molar-refractivity contribution in [3.8, 4) is 0 Å². The van der Waals surface area contributed by atoms with Crippen LogP contribution in [0.15, 0.2) is 0 Å². The normalized spacial score (nSPS) is 13.2. The number of carbonyl (C=O) groups excluding carboxylic acids is 1. The Kier molecular flexibility index (Phi) is 5.71. The maximum Gasteiger partial charge on any atom is 0.453 e. The van der Waals surface area contributed by atoms with Crippen LogP contribution in [0.3, 0.4) is 0 Å². The number of aryl methyl sites for hydroxylation is 2. The Balaban J connectivity index is 2.21. The molecule has 0 fully saturated rings. The number of hydrogen-bond donors (Lipinski definition) is 2. The first kappa shape index (κ1) is 20.6. The van der Waals surface area contributed by atoms with Gasteiger partial charge in [0.25, 0.3) is 11.6 Å². The molecule has 2 heterocycles. The number of aromatic nitrogens is 4. The molecule has 1 amide bonds. The van der Waals surface area contributed by atoms with E-state index >= 15 is 0 Å². The van der Waals surface area contributed by atoms with E-state index in [0.717, 1.165) is 4.52 Å². The molecule has 0 radical (unpaired) electrons. The largest absolute Gasteiger partial charge is 0.480 e. The van der Waals surface area contributed by atoms with Gasteiger partial charge in [0.1, 0.15) is 6.04 Å². The van der Waals surface area contributed by atoms with Crippen LogP contribution in [0.1, 0.15) is 43.0 Å². The SMILES string of the molecule is Cc1nc2nc(C(F)(F)F)nn2c(C)c1CCC(=O)NC(C(=O)O)C(C)C. The molecule has 0 spiro atoms. The van der Waals surface area contributed by atoms with Crippen molar-refractivity contribution in [1.29, 1.82) is 0 Å². The maximum atomic E-state index is 12.8. The second kappa shape index (κ2) is 7.49. The van der Waals surface area contributed by atoms with Crippen LogP contribution in [0.5, 0.6) is 0 Å². The van der Waals surface area contributed by atoms with Crippen LogP contribution in [0, 0.1) is 19.8 Å². The number of hydrogen-bond acceptors (Lipinski definition) is 5. The fourth-order valence-electron chi connectivity index (χ4n) is 2.69. The number of nitrogens with zero attached hydrogens (tertiary/aromatic N) is 4. The zero-order valence-corrected chi connectivity index (χ0v) is 15.3. The van der Waals surface area contributed by atoms with Gasteiger partial charge in [0.05, 0.1) is 0 Å². The monoisotopic (exact) mass is 387 g/mol.